The van der Waals surface area contributed by atoms with E-state index in [2.05, 4.69) is 134 Å². The molecular formula is C36H24S. The summed E-state index contributed by atoms with van der Waals surface area (Å²) in [6.07, 6.45) is 0. The summed E-state index contributed by atoms with van der Waals surface area (Å²) in [6, 6.07) is 47.2. The third kappa shape index (κ3) is 2.81. The fraction of sp³-hybridized carbons (Fsp3) is 0.0556. The van der Waals surface area contributed by atoms with E-state index < -0.39 is 0 Å². The van der Waals surface area contributed by atoms with Crippen molar-refractivity contribution in [1.82, 2.24) is 0 Å². The number of rotatable bonds is 2. The van der Waals surface area contributed by atoms with Gasteiger partial charge in [-0.2, -0.15) is 0 Å². The molecule has 0 saturated heterocycles. The summed E-state index contributed by atoms with van der Waals surface area (Å²) in [4.78, 5) is 2.68. The predicted octanol–water partition coefficient (Wildman–Crippen LogP) is 9.97. The zero-order valence-electron chi connectivity index (χ0n) is 20.5. The molecule has 0 amide bonds. The smallest absolute Gasteiger partial charge is 0.0435 e. The van der Waals surface area contributed by atoms with Crippen LogP contribution in [0.25, 0.3) is 44.2 Å². The van der Waals surface area contributed by atoms with E-state index >= 15 is 0 Å². The van der Waals surface area contributed by atoms with E-state index in [1.807, 2.05) is 11.8 Å². The minimum Gasteiger partial charge on any atom is -0.0888 e. The van der Waals surface area contributed by atoms with E-state index in [-0.39, 0.29) is 5.41 Å². The molecule has 37 heavy (non-hydrogen) atoms. The molecule has 0 saturated carbocycles. The summed E-state index contributed by atoms with van der Waals surface area (Å²) >= 11 is 1.89. The largest absolute Gasteiger partial charge is 0.0888 e. The van der Waals surface area contributed by atoms with Gasteiger partial charge in [-0.3, -0.25) is 0 Å². The summed E-state index contributed by atoms with van der Waals surface area (Å²) in [5, 5.41) is 2.70. The molecule has 1 atom stereocenters. The van der Waals surface area contributed by atoms with Gasteiger partial charge in [-0.25, -0.2) is 0 Å². The molecule has 2 aliphatic rings. The lowest BCUT2D eigenvalue weighted by Gasteiger charge is -2.28. The molecule has 0 aromatic heterocycles. The Bertz CT molecular complexity index is 1860. The second-order valence-corrected chi connectivity index (χ2v) is 11.3. The Balaban J connectivity index is 1.44. The molecule has 1 aliphatic carbocycles. The first kappa shape index (κ1) is 21.1. The summed E-state index contributed by atoms with van der Waals surface area (Å²) in [7, 11) is 0. The second-order valence-electron chi connectivity index (χ2n) is 10.2. The van der Waals surface area contributed by atoms with Crippen LogP contribution >= 0.6 is 11.8 Å². The van der Waals surface area contributed by atoms with Gasteiger partial charge >= 0.3 is 0 Å². The Hall–Kier alpha value is -4.07. The number of hydrogen-bond donors (Lipinski definition) is 0. The fourth-order valence-electron chi connectivity index (χ4n) is 6.66. The quantitative estimate of drug-likeness (QED) is 0.233. The van der Waals surface area contributed by atoms with Gasteiger partial charge in [0.1, 0.15) is 0 Å². The zero-order chi connectivity index (χ0) is 24.6. The van der Waals surface area contributed by atoms with Crippen LogP contribution < -0.4 is 0 Å². The molecule has 174 valence electrons. The van der Waals surface area contributed by atoms with Crippen molar-refractivity contribution >= 4 is 22.5 Å². The lowest BCUT2D eigenvalue weighted by atomic mass is 9.74. The molecule has 0 bridgehead atoms. The SMILES string of the molecule is CC1(c2ccccc2)c2ccccc2-c2c(-c3ccc4c5c(cccc35)-c3ccccc3S4)cccc21. The zero-order valence-corrected chi connectivity index (χ0v) is 21.3. The first-order valence-corrected chi connectivity index (χ1v) is 13.7. The highest BCUT2D eigenvalue weighted by Crippen LogP contribution is 2.56. The maximum atomic E-state index is 2.39. The molecule has 6 aromatic rings. The predicted molar refractivity (Wildman–Crippen MR) is 156 cm³/mol. The van der Waals surface area contributed by atoms with Gasteiger partial charge in [0.25, 0.3) is 0 Å². The van der Waals surface area contributed by atoms with Crippen LogP contribution in [0.15, 0.2) is 137 Å². The Morgan fingerprint density at radius 1 is 0.459 bits per heavy atom. The minimum absolute atomic E-state index is 0.190. The van der Waals surface area contributed by atoms with Crippen LogP contribution in [-0.2, 0) is 5.41 Å². The van der Waals surface area contributed by atoms with E-state index in [9.17, 15) is 0 Å². The van der Waals surface area contributed by atoms with Crippen molar-refractivity contribution in [3.05, 3.63) is 144 Å². The first-order valence-electron chi connectivity index (χ1n) is 12.9. The first-order chi connectivity index (χ1) is 18.2. The van der Waals surface area contributed by atoms with Crippen LogP contribution in [0.4, 0.5) is 0 Å². The van der Waals surface area contributed by atoms with Gasteiger partial charge in [-0.05, 0) is 74.5 Å². The van der Waals surface area contributed by atoms with Crippen molar-refractivity contribution in [1.29, 1.82) is 0 Å². The molecule has 0 fully saturated rings. The van der Waals surface area contributed by atoms with Gasteiger partial charge in [0.05, 0.1) is 0 Å². The van der Waals surface area contributed by atoms with E-state index in [0.717, 1.165) is 0 Å². The highest BCUT2D eigenvalue weighted by Gasteiger charge is 2.41. The van der Waals surface area contributed by atoms with E-state index in [0.29, 0.717) is 0 Å². The third-order valence-electron chi connectivity index (χ3n) is 8.38. The summed E-state index contributed by atoms with van der Waals surface area (Å²) in [5.74, 6) is 0. The van der Waals surface area contributed by atoms with Crippen molar-refractivity contribution in [2.24, 2.45) is 0 Å². The van der Waals surface area contributed by atoms with Crippen molar-refractivity contribution < 1.29 is 0 Å². The number of benzene rings is 6. The highest BCUT2D eigenvalue weighted by molar-refractivity contribution is 7.99. The molecular weight excluding hydrogens is 464 g/mol. The van der Waals surface area contributed by atoms with Crippen molar-refractivity contribution in [3.63, 3.8) is 0 Å². The molecule has 0 spiro atoms. The number of hydrogen-bond acceptors (Lipinski definition) is 1. The van der Waals surface area contributed by atoms with Crippen LogP contribution in [0.2, 0.25) is 0 Å². The normalized spacial score (nSPS) is 16.8. The highest BCUT2D eigenvalue weighted by atomic mass is 32.2. The molecule has 8 rings (SSSR count). The topological polar surface area (TPSA) is 0 Å². The second kappa shape index (κ2) is 7.71. The molecule has 1 heteroatoms. The Morgan fingerprint density at radius 2 is 1.14 bits per heavy atom. The third-order valence-corrected chi connectivity index (χ3v) is 9.52. The van der Waals surface area contributed by atoms with Crippen LogP contribution in [0.1, 0.15) is 23.6 Å². The van der Waals surface area contributed by atoms with Crippen molar-refractivity contribution in [3.8, 4) is 33.4 Å². The van der Waals surface area contributed by atoms with E-state index in [1.54, 1.807) is 0 Å². The molecule has 0 nitrogen and oxygen atoms in total. The monoisotopic (exact) mass is 488 g/mol. The molecule has 0 radical (unpaired) electrons. The summed E-state index contributed by atoms with van der Waals surface area (Å²) in [5.41, 5.74) is 11.9. The maximum absolute atomic E-state index is 2.39. The number of fused-ring (bicyclic) bond motifs is 5. The minimum atomic E-state index is -0.190. The molecule has 6 aromatic carbocycles. The Kier molecular flexibility index (Phi) is 4.39. The van der Waals surface area contributed by atoms with E-state index in [4.69, 9.17) is 0 Å². The average Bonchev–Trinajstić information content (AvgIpc) is 3.23. The van der Waals surface area contributed by atoms with E-state index in [1.165, 1.54) is 70.6 Å². The average molecular weight is 489 g/mol. The van der Waals surface area contributed by atoms with Crippen LogP contribution in [0.5, 0.6) is 0 Å². The van der Waals surface area contributed by atoms with Gasteiger partial charge in [0.2, 0.25) is 0 Å². The maximum Gasteiger partial charge on any atom is 0.0435 e. The summed E-state index contributed by atoms with van der Waals surface area (Å²) in [6.45, 7) is 2.39. The van der Waals surface area contributed by atoms with Crippen LogP contribution in [0, 0.1) is 0 Å². The van der Waals surface area contributed by atoms with Gasteiger partial charge in [-0.1, -0.05) is 127 Å². The summed E-state index contributed by atoms with van der Waals surface area (Å²) < 4.78 is 0. The lowest BCUT2D eigenvalue weighted by Crippen LogP contribution is -2.22. The molecule has 0 N–H and O–H groups in total. The van der Waals surface area contributed by atoms with Crippen molar-refractivity contribution in [2.75, 3.05) is 0 Å². The van der Waals surface area contributed by atoms with Crippen molar-refractivity contribution in [2.45, 2.75) is 22.1 Å². The van der Waals surface area contributed by atoms with Crippen LogP contribution in [-0.4, -0.2) is 0 Å². The van der Waals surface area contributed by atoms with Gasteiger partial charge in [0, 0.05) is 20.6 Å². The fourth-order valence-corrected chi connectivity index (χ4v) is 7.79. The molecule has 1 unspecified atom stereocenters. The van der Waals surface area contributed by atoms with Gasteiger partial charge in [-0.15, -0.1) is 0 Å². The van der Waals surface area contributed by atoms with Gasteiger partial charge < -0.3 is 0 Å². The Labute approximate surface area is 221 Å². The molecule has 1 aliphatic heterocycles. The van der Waals surface area contributed by atoms with Gasteiger partial charge in [0.15, 0.2) is 0 Å². The lowest BCUT2D eigenvalue weighted by molar-refractivity contribution is 0.714. The Morgan fingerprint density at radius 3 is 2.03 bits per heavy atom. The molecule has 1 heterocycles. The standard InChI is InChI=1S/C36H24S/c1-36(23-11-3-2-4-12-23)30-18-7-5-14-29(30)34-26(17-10-19-31(34)36)24-21-22-33-35-27(24)15-9-16-28(35)25-13-6-8-20-32(25)37-33/h2-22H,1H3. The van der Waals surface area contributed by atoms with Crippen LogP contribution in [0.3, 0.4) is 0 Å².